The van der Waals surface area contributed by atoms with Gasteiger partial charge in [0, 0.05) is 37.0 Å². The minimum atomic E-state index is 0.305. The van der Waals surface area contributed by atoms with Gasteiger partial charge in [-0.3, -0.25) is 4.79 Å². The summed E-state index contributed by atoms with van der Waals surface area (Å²) in [4.78, 5) is 15.5. The number of rotatable bonds is 4. The largest absolute Gasteiger partial charge is 0.337 e. The maximum atomic E-state index is 12.1. The molecule has 100 valence electrons. The van der Waals surface area contributed by atoms with Crippen LogP contribution in [0.15, 0.2) is 15.9 Å². The van der Waals surface area contributed by atoms with Gasteiger partial charge in [0.05, 0.1) is 3.79 Å². The zero-order valence-electron chi connectivity index (χ0n) is 10.6. The average molecular weight is 331 g/mol. The Morgan fingerprint density at radius 1 is 1.61 bits per heavy atom. The molecule has 1 aliphatic heterocycles. The molecular weight excluding hydrogens is 312 g/mol. The molecule has 18 heavy (non-hydrogen) atoms. The maximum Gasteiger partial charge on any atom is 0.222 e. The Morgan fingerprint density at radius 2 is 2.44 bits per heavy atom. The first-order chi connectivity index (χ1) is 8.66. The van der Waals surface area contributed by atoms with Gasteiger partial charge in [0.25, 0.3) is 0 Å². The van der Waals surface area contributed by atoms with Gasteiger partial charge in [0.2, 0.25) is 5.91 Å². The molecule has 0 saturated carbocycles. The van der Waals surface area contributed by atoms with Crippen LogP contribution in [0.2, 0.25) is 0 Å². The SMILES string of the molecule is CC1CNCCN1C(=O)CCCc1ccc(Br)s1. The summed E-state index contributed by atoms with van der Waals surface area (Å²) in [6.45, 7) is 4.81. The number of halogens is 1. The highest BCUT2D eigenvalue weighted by atomic mass is 79.9. The molecule has 1 aliphatic rings. The number of hydrogen-bond acceptors (Lipinski definition) is 3. The highest BCUT2D eigenvalue weighted by Gasteiger charge is 2.22. The van der Waals surface area contributed by atoms with Crippen molar-refractivity contribution in [3.63, 3.8) is 0 Å². The van der Waals surface area contributed by atoms with Gasteiger partial charge < -0.3 is 10.2 Å². The van der Waals surface area contributed by atoms with E-state index in [0.717, 1.165) is 32.5 Å². The third-order valence-electron chi connectivity index (χ3n) is 3.26. The normalized spacial score (nSPS) is 20.1. The van der Waals surface area contributed by atoms with E-state index in [0.29, 0.717) is 18.4 Å². The van der Waals surface area contributed by atoms with Gasteiger partial charge >= 0.3 is 0 Å². The van der Waals surface area contributed by atoms with Crippen molar-refractivity contribution in [3.8, 4) is 0 Å². The molecule has 3 nitrogen and oxygen atoms in total. The predicted octanol–water partition coefficient (Wildman–Crippen LogP) is 2.65. The summed E-state index contributed by atoms with van der Waals surface area (Å²) in [7, 11) is 0. The summed E-state index contributed by atoms with van der Waals surface area (Å²) in [5.41, 5.74) is 0. The number of piperazine rings is 1. The molecule has 1 unspecified atom stereocenters. The van der Waals surface area contributed by atoms with Gasteiger partial charge in [0.15, 0.2) is 0 Å². The van der Waals surface area contributed by atoms with Crippen LogP contribution in [0.25, 0.3) is 0 Å². The quantitative estimate of drug-likeness (QED) is 0.920. The second-order valence-corrected chi connectivity index (χ2v) is 7.25. The lowest BCUT2D eigenvalue weighted by Gasteiger charge is -2.34. The van der Waals surface area contributed by atoms with Gasteiger partial charge in [0.1, 0.15) is 0 Å². The summed E-state index contributed by atoms with van der Waals surface area (Å²) in [5, 5.41) is 3.31. The number of amides is 1. The standard InChI is InChI=1S/C13H19BrN2OS/c1-10-9-15-7-8-16(10)13(17)4-2-3-11-5-6-12(14)18-11/h5-6,10,15H,2-4,7-9H2,1H3. The van der Waals surface area contributed by atoms with Crippen LogP contribution in [0.3, 0.4) is 0 Å². The lowest BCUT2D eigenvalue weighted by Crippen LogP contribution is -2.52. The number of aryl methyl sites for hydroxylation is 1. The molecule has 1 amide bonds. The zero-order valence-corrected chi connectivity index (χ0v) is 13.0. The molecule has 1 aromatic heterocycles. The highest BCUT2D eigenvalue weighted by Crippen LogP contribution is 2.23. The molecule has 0 bridgehead atoms. The van der Waals surface area contributed by atoms with E-state index in [-0.39, 0.29) is 0 Å². The van der Waals surface area contributed by atoms with Crippen LogP contribution in [-0.2, 0) is 11.2 Å². The van der Waals surface area contributed by atoms with Crippen molar-refractivity contribution in [1.29, 1.82) is 0 Å². The number of nitrogens with zero attached hydrogens (tertiary/aromatic N) is 1. The first-order valence-corrected chi connectivity index (χ1v) is 8.02. The Morgan fingerprint density at radius 3 is 3.11 bits per heavy atom. The lowest BCUT2D eigenvalue weighted by molar-refractivity contribution is -0.134. The van der Waals surface area contributed by atoms with Crippen molar-refractivity contribution in [2.75, 3.05) is 19.6 Å². The minimum Gasteiger partial charge on any atom is -0.337 e. The van der Waals surface area contributed by atoms with Crippen LogP contribution in [0.1, 0.15) is 24.6 Å². The first-order valence-electron chi connectivity index (χ1n) is 6.41. The van der Waals surface area contributed by atoms with Crippen molar-refractivity contribution in [3.05, 3.63) is 20.8 Å². The van der Waals surface area contributed by atoms with Crippen LogP contribution in [-0.4, -0.2) is 36.5 Å². The highest BCUT2D eigenvalue weighted by molar-refractivity contribution is 9.11. The van der Waals surface area contributed by atoms with Crippen LogP contribution >= 0.6 is 27.3 Å². The maximum absolute atomic E-state index is 12.1. The fourth-order valence-electron chi connectivity index (χ4n) is 2.26. The second kappa shape index (κ2) is 6.68. The molecule has 2 heterocycles. The van der Waals surface area contributed by atoms with E-state index >= 15 is 0 Å². The monoisotopic (exact) mass is 330 g/mol. The number of carbonyl (C=O) groups excluding carboxylic acids is 1. The summed E-state index contributed by atoms with van der Waals surface area (Å²) >= 11 is 5.22. The Labute approximate surface area is 121 Å². The number of carbonyl (C=O) groups is 1. The number of thiophene rings is 1. The van der Waals surface area contributed by atoms with Crippen LogP contribution < -0.4 is 5.32 Å². The first kappa shape index (κ1) is 14.0. The molecule has 0 radical (unpaired) electrons. The second-order valence-electron chi connectivity index (χ2n) is 4.70. The van der Waals surface area contributed by atoms with E-state index in [9.17, 15) is 4.79 Å². The summed E-state index contributed by atoms with van der Waals surface area (Å²) < 4.78 is 1.17. The van der Waals surface area contributed by atoms with Crippen molar-refractivity contribution < 1.29 is 4.79 Å². The Hall–Kier alpha value is -0.390. The Kier molecular flexibility index (Phi) is 5.21. The van der Waals surface area contributed by atoms with Gasteiger partial charge in [-0.15, -0.1) is 11.3 Å². The van der Waals surface area contributed by atoms with Crippen molar-refractivity contribution in [1.82, 2.24) is 10.2 Å². The van der Waals surface area contributed by atoms with E-state index in [1.54, 1.807) is 11.3 Å². The van der Waals surface area contributed by atoms with Crippen LogP contribution in [0.5, 0.6) is 0 Å². The van der Waals surface area contributed by atoms with E-state index in [1.807, 2.05) is 4.90 Å². The average Bonchev–Trinajstić information content (AvgIpc) is 2.75. The van der Waals surface area contributed by atoms with Crippen molar-refractivity contribution in [2.45, 2.75) is 32.2 Å². The predicted molar refractivity (Wildman–Crippen MR) is 79.0 cm³/mol. The van der Waals surface area contributed by atoms with Crippen LogP contribution in [0, 0.1) is 0 Å². The third kappa shape index (κ3) is 3.80. The van der Waals surface area contributed by atoms with E-state index in [1.165, 1.54) is 8.66 Å². The Bertz CT molecular complexity index is 407. The van der Waals surface area contributed by atoms with Gasteiger partial charge in [-0.1, -0.05) is 0 Å². The smallest absolute Gasteiger partial charge is 0.222 e. The Balaban J connectivity index is 1.74. The molecule has 1 atom stereocenters. The van der Waals surface area contributed by atoms with Crippen LogP contribution in [0.4, 0.5) is 0 Å². The summed E-state index contributed by atoms with van der Waals surface area (Å²) in [6, 6.07) is 4.54. The van der Waals surface area contributed by atoms with Crippen molar-refractivity contribution >= 4 is 33.2 Å². The fraction of sp³-hybridized carbons (Fsp3) is 0.615. The van der Waals surface area contributed by atoms with Gasteiger partial charge in [-0.05, 0) is 47.8 Å². The van der Waals surface area contributed by atoms with E-state index in [2.05, 4.69) is 40.3 Å². The topological polar surface area (TPSA) is 32.3 Å². The fourth-order valence-corrected chi connectivity index (χ4v) is 3.78. The van der Waals surface area contributed by atoms with E-state index in [4.69, 9.17) is 0 Å². The van der Waals surface area contributed by atoms with Gasteiger partial charge in [-0.25, -0.2) is 0 Å². The summed E-state index contributed by atoms with van der Waals surface area (Å²) in [5.74, 6) is 0.305. The third-order valence-corrected chi connectivity index (χ3v) is 4.95. The number of nitrogens with one attached hydrogen (secondary N) is 1. The molecule has 1 N–H and O–H groups in total. The molecule has 0 spiro atoms. The summed E-state index contributed by atoms with van der Waals surface area (Å²) in [6.07, 6.45) is 2.62. The van der Waals surface area contributed by atoms with E-state index < -0.39 is 0 Å². The lowest BCUT2D eigenvalue weighted by atomic mass is 10.1. The zero-order chi connectivity index (χ0) is 13.0. The molecule has 0 aliphatic carbocycles. The molecule has 1 fully saturated rings. The molecule has 2 rings (SSSR count). The van der Waals surface area contributed by atoms with Gasteiger partial charge in [-0.2, -0.15) is 0 Å². The molecular formula is C13H19BrN2OS. The molecule has 0 aromatic carbocycles. The molecule has 1 aromatic rings. The minimum absolute atomic E-state index is 0.305. The molecule has 5 heteroatoms. The van der Waals surface area contributed by atoms with Crippen molar-refractivity contribution in [2.24, 2.45) is 0 Å². The number of hydrogen-bond donors (Lipinski definition) is 1. The molecule has 1 saturated heterocycles.